The van der Waals surface area contributed by atoms with Gasteiger partial charge in [0.2, 0.25) is 0 Å². The Balaban J connectivity index is 3.14. The lowest BCUT2D eigenvalue weighted by Crippen LogP contribution is -2.12. The molecule has 0 radical (unpaired) electrons. The maximum absolute atomic E-state index is 10.3. The molecule has 0 fully saturated rings. The summed E-state index contributed by atoms with van der Waals surface area (Å²) in [6.45, 7) is 0. The van der Waals surface area contributed by atoms with E-state index in [4.69, 9.17) is 5.11 Å². The Bertz CT molecular complexity index is 128. The molecular formula is C8H16O2S2. The predicted molar refractivity (Wildman–Crippen MR) is 57.3 cm³/mol. The normalized spacial score (nSPS) is 12.8. The van der Waals surface area contributed by atoms with Gasteiger partial charge in [0.15, 0.2) is 0 Å². The van der Waals surface area contributed by atoms with Crippen LogP contribution in [0.25, 0.3) is 0 Å². The summed E-state index contributed by atoms with van der Waals surface area (Å²) in [6.07, 6.45) is 4.97. The fourth-order valence-electron chi connectivity index (χ4n) is 0.927. The van der Waals surface area contributed by atoms with Crippen molar-refractivity contribution in [3.63, 3.8) is 0 Å². The van der Waals surface area contributed by atoms with Crippen molar-refractivity contribution in [2.24, 2.45) is 0 Å². The number of rotatable bonds is 7. The van der Waals surface area contributed by atoms with Crippen LogP contribution in [0.4, 0.5) is 0 Å². The monoisotopic (exact) mass is 208 g/mol. The number of hydrogen-bond acceptors (Lipinski definition) is 3. The molecule has 0 aliphatic rings. The van der Waals surface area contributed by atoms with Gasteiger partial charge < -0.3 is 5.11 Å². The lowest BCUT2D eigenvalue weighted by atomic mass is 10.1. The predicted octanol–water partition coefficient (Wildman–Crippen LogP) is 2.25. The summed E-state index contributed by atoms with van der Waals surface area (Å²) in [5, 5.41) is 8.01. The molecular weight excluding hydrogens is 192 g/mol. The fraction of sp³-hybridized carbons (Fsp3) is 0.875. The van der Waals surface area contributed by atoms with Gasteiger partial charge in [-0.2, -0.15) is 25.3 Å². The van der Waals surface area contributed by atoms with Gasteiger partial charge in [-0.15, -0.1) is 0 Å². The molecule has 0 heterocycles. The third-order valence-corrected chi connectivity index (χ3v) is 2.47. The number of carboxylic acids is 1. The first kappa shape index (κ1) is 12.2. The molecule has 0 aromatic carbocycles. The lowest BCUT2D eigenvalue weighted by molar-refractivity contribution is -0.136. The van der Waals surface area contributed by atoms with Gasteiger partial charge in [-0.05, 0) is 18.6 Å². The van der Waals surface area contributed by atoms with Crippen LogP contribution in [0.2, 0.25) is 0 Å². The molecule has 2 nitrogen and oxygen atoms in total. The van der Waals surface area contributed by atoms with Gasteiger partial charge in [-0.3, -0.25) is 4.79 Å². The van der Waals surface area contributed by atoms with Crippen molar-refractivity contribution in [3.05, 3.63) is 0 Å². The van der Waals surface area contributed by atoms with E-state index in [1.807, 2.05) is 0 Å². The molecule has 0 aliphatic heterocycles. The highest BCUT2D eigenvalue weighted by Crippen LogP contribution is 2.10. The molecule has 0 bridgehead atoms. The highest BCUT2D eigenvalue weighted by Gasteiger charge is 2.10. The Morgan fingerprint density at radius 2 is 1.83 bits per heavy atom. The molecule has 0 saturated heterocycles. The number of unbranched alkanes of at least 4 members (excludes halogenated alkanes) is 3. The number of carboxylic acid groups (broad SMARTS) is 1. The molecule has 4 heteroatoms. The minimum absolute atomic E-state index is 0.485. The summed E-state index contributed by atoms with van der Waals surface area (Å²) in [4.78, 5) is 10.3. The standard InChI is InChI=1S/C8H16O2S2/c9-8(10)7(12)5-3-1-2-4-6-11/h7,11-12H,1-6H2,(H,9,10). The van der Waals surface area contributed by atoms with Gasteiger partial charge in [-0.25, -0.2) is 0 Å². The average molecular weight is 208 g/mol. The number of hydrogen-bond donors (Lipinski definition) is 3. The minimum atomic E-state index is -0.812. The van der Waals surface area contributed by atoms with Crippen molar-refractivity contribution in [1.29, 1.82) is 0 Å². The van der Waals surface area contributed by atoms with Crippen LogP contribution >= 0.6 is 25.3 Å². The summed E-state index contributed by atoms with van der Waals surface area (Å²) in [7, 11) is 0. The van der Waals surface area contributed by atoms with Crippen LogP contribution in [0.1, 0.15) is 32.1 Å². The molecule has 12 heavy (non-hydrogen) atoms. The van der Waals surface area contributed by atoms with Crippen molar-refractivity contribution in [2.75, 3.05) is 5.75 Å². The van der Waals surface area contributed by atoms with Gasteiger partial charge in [-0.1, -0.05) is 19.3 Å². The zero-order valence-corrected chi connectivity index (χ0v) is 8.86. The molecule has 0 aliphatic carbocycles. The van der Waals surface area contributed by atoms with E-state index in [2.05, 4.69) is 25.3 Å². The van der Waals surface area contributed by atoms with Gasteiger partial charge in [0.05, 0.1) is 5.25 Å². The Hall–Kier alpha value is 0.170. The third-order valence-electron chi connectivity index (χ3n) is 1.67. The first-order chi connectivity index (χ1) is 5.68. The minimum Gasteiger partial charge on any atom is -0.480 e. The molecule has 72 valence electrons. The van der Waals surface area contributed by atoms with E-state index in [1.54, 1.807) is 0 Å². The maximum atomic E-state index is 10.3. The second-order valence-corrected chi connectivity index (χ2v) is 3.85. The van der Waals surface area contributed by atoms with Crippen LogP contribution in [0.15, 0.2) is 0 Å². The molecule has 0 aromatic heterocycles. The van der Waals surface area contributed by atoms with E-state index in [1.165, 1.54) is 0 Å². The van der Waals surface area contributed by atoms with Gasteiger partial charge >= 0.3 is 5.97 Å². The molecule has 0 amide bonds. The summed E-state index contributed by atoms with van der Waals surface area (Å²) in [5.41, 5.74) is 0. The first-order valence-corrected chi connectivity index (χ1v) is 5.35. The van der Waals surface area contributed by atoms with Gasteiger partial charge in [0, 0.05) is 0 Å². The second kappa shape index (κ2) is 7.80. The summed E-state index contributed by atoms with van der Waals surface area (Å²) >= 11 is 8.02. The summed E-state index contributed by atoms with van der Waals surface area (Å²) in [5.74, 6) is 0.107. The molecule has 0 aromatic rings. The number of carbonyl (C=O) groups is 1. The van der Waals surface area contributed by atoms with Crippen LogP contribution < -0.4 is 0 Å². The third kappa shape index (κ3) is 6.85. The molecule has 1 unspecified atom stereocenters. The second-order valence-electron chi connectivity index (χ2n) is 2.78. The zero-order valence-electron chi connectivity index (χ0n) is 7.07. The van der Waals surface area contributed by atoms with Crippen molar-refractivity contribution < 1.29 is 9.90 Å². The lowest BCUT2D eigenvalue weighted by Gasteiger charge is -2.03. The van der Waals surface area contributed by atoms with Crippen LogP contribution in [0.5, 0.6) is 0 Å². The van der Waals surface area contributed by atoms with E-state index in [-0.39, 0.29) is 0 Å². The average Bonchev–Trinajstić information content (AvgIpc) is 2.03. The molecule has 1 N–H and O–H groups in total. The fourth-order valence-corrected chi connectivity index (χ4v) is 1.33. The highest BCUT2D eigenvalue weighted by atomic mass is 32.1. The van der Waals surface area contributed by atoms with Crippen LogP contribution in [0.3, 0.4) is 0 Å². The van der Waals surface area contributed by atoms with Crippen LogP contribution in [-0.4, -0.2) is 22.1 Å². The van der Waals surface area contributed by atoms with Crippen molar-refractivity contribution >= 4 is 31.2 Å². The van der Waals surface area contributed by atoms with E-state index in [0.29, 0.717) is 6.42 Å². The van der Waals surface area contributed by atoms with Crippen LogP contribution in [0, 0.1) is 0 Å². The van der Waals surface area contributed by atoms with E-state index < -0.39 is 11.2 Å². The Kier molecular flexibility index (Phi) is 7.91. The molecule has 1 atom stereocenters. The summed E-state index contributed by atoms with van der Waals surface area (Å²) in [6, 6.07) is 0. The topological polar surface area (TPSA) is 37.3 Å². The smallest absolute Gasteiger partial charge is 0.316 e. The SMILES string of the molecule is O=C(O)C(S)CCCCCCS. The largest absolute Gasteiger partial charge is 0.480 e. The van der Waals surface area contributed by atoms with Crippen molar-refractivity contribution in [2.45, 2.75) is 37.4 Å². The Morgan fingerprint density at radius 3 is 2.33 bits per heavy atom. The quantitative estimate of drug-likeness (QED) is 0.443. The zero-order chi connectivity index (χ0) is 9.40. The summed E-state index contributed by atoms with van der Waals surface area (Å²) < 4.78 is 0. The number of thiol groups is 2. The molecule has 0 saturated carbocycles. The molecule has 0 spiro atoms. The van der Waals surface area contributed by atoms with Gasteiger partial charge in [0.1, 0.15) is 0 Å². The van der Waals surface area contributed by atoms with Crippen LogP contribution in [-0.2, 0) is 4.79 Å². The number of aliphatic carboxylic acids is 1. The first-order valence-electron chi connectivity index (χ1n) is 4.20. The van der Waals surface area contributed by atoms with E-state index >= 15 is 0 Å². The Labute approximate surface area is 84.6 Å². The molecule has 0 rings (SSSR count). The Morgan fingerprint density at radius 1 is 1.25 bits per heavy atom. The van der Waals surface area contributed by atoms with Gasteiger partial charge in [0.25, 0.3) is 0 Å². The van der Waals surface area contributed by atoms with E-state index in [9.17, 15) is 4.79 Å². The van der Waals surface area contributed by atoms with Crippen molar-refractivity contribution in [3.8, 4) is 0 Å². The van der Waals surface area contributed by atoms with Crippen molar-refractivity contribution in [1.82, 2.24) is 0 Å². The highest BCUT2D eigenvalue weighted by molar-refractivity contribution is 7.81. The van der Waals surface area contributed by atoms with E-state index in [0.717, 1.165) is 31.4 Å². The maximum Gasteiger partial charge on any atom is 0.316 e.